The SMILES string of the molecule is Cn1cnnc1C1CCN(c2cc(F)cc(C(F)(F)F)c2)CC1. The van der Waals surface area contributed by atoms with Gasteiger partial charge in [-0.05, 0) is 31.0 Å². The summed E-state index contributed by atoms with van der Waals surface area (Å²) in [5.41, 5.74) is -0.684. The fraction of sp³-hybridized carbons (Fsp3) is 0.467. The average molecular weight is 328 g/mol. The van der Waals surface area contributed by atoms with Gasteiger partial charge in [-0.1, -0.05) is 0 Å². The lowest BCUT2D eigenvalue weighted by atomic mass is 9.95. The molecule has 1 aliphatic heterocycles. The van der Waals surface area contributed by atoms with Crippen LogP contribution < -0.4 is 4.90 Å². The van der Waals surface area contributed by atoms with Crippen LogP contribution in [-0.2, 0) is 13.2 Å². The van der Waals surface area contributed by atoms with Crippen molar-refractivity contribution in [2.75, 3.05) is 18.0 Å². The third-order valence-corrected chi connectivity index (χ3v) is 4.18. The summed E-state index contributed by atoms with van der Waals surface area (Å²) in [6.45, 7) is 1.11. The van der Waals surface area contributed by atoms with E-state index >= 15 is 0 Å². The lowest BCUT2D eigenvalue weighted by Gasteiger charge is -2.33. The first kappa shape index (κ1) is 15.8. The molecule has 0 saturated carbocycles. The second-order valence-corrected chi connectivity index (χ2v) is 5.76. The Morgan fingerprint density at radius 3 is 2.39 bits per heavy atom. The Bertz CT molecular complexity index is 687. The minimum absolute atomic E-state index is 0.217. The molecule has 1 aromatic heterocycles. The van der Waals surface area contributed by atoms with Gasteiger partial charge in [0.25, 0.3) is 0 Å². The normalized spacial score (nSPS) is 16.8. The third kappa shape index (κ3) is 3.30. The standard InChI is InChI=1S/C15H16F4N4/c1-22-9-20-21-14(22)10-2-4-23(5-3-10)13-7-11(15(17,18)19)6-12(16)8-13/h6-10H,2-5H2,1H3. The maximum atomic E-state index is 13.5. The van der Waals surface area contributed by atoms with Gasteiger partial charge in [0.05, 0.1) is 5.56 Å². The van der Waals surface area contributed by atoms with Crippen LogP contribution >= 0.6 is 0 Å². The van der Waals surface area contributed by atoms with E-state index in [4.69, 9.17) is 0 Å². The summed E-state index contributed by atoms with van der Waals surface area (Å²) >= 11 is 0. The predicted octanol–water partition coefficient (Wildman–Crippen LogP) is 3.36. The Hall–Kier alpha value is -2.12. The number of piperidine rings is 1. The van der Waals surface area contributed by atoms with Gasteiger partial charge in [-0.25, -0.2) is 4.39 Å². The third-order valence-electron chi connectivity index (χ3n) is 4.18. The fourth-order valence-electron chi connectivity index (χ4n) is 2.98. The molecule has 2 aromatic rings. The maximum Gasteiger partial charge on any atom is 0.416 e. The monoisotopic (exact) mass is 328 g/mol. The quantitative estimate of drug-likeness (QED) is 0.793. The summed E-state index contributed by atoms with van der Waals surface area (Å²) in [4.78, 5) is 1.78. The van der Waals surface area contributed by atoms with Gasteiger partial charge in [-0.3, -0.25) is 0 Å². The number of aryl methyl sites for hydroxylation is 1. The molecule has 1 aromatic carbocycles. The van der Waals surface area contributed by atoms with E-state index in [1.54, 1.807) is 11.2 Å². The van der Waals surface area contributed by atoms with Crippen LogP contribution in [0.3, 0.4) is 0 Å². The molecule has 1 saturated heterocycles. The van der Waals surface area contributed by atoms with Gasteiger partial charge in [-0.15, -0.1) is 10.2 Å². The minimum Gasteiger partial charge on any atom is -0.371 e. The Kier molecular flexibility index (Phi) is 3.99. The highest BCUT2D eigenvalue weighted by molar-refractivity contribution is 5.50. The second kappa shape index (κ2) is 5.82. The van der Waals surface area contributed by atoms with Crippen LogP contribution in [0.15, 0.2) is 24.5 Å². The number of hydrogen-bond donors (Lipinski definition) is 0. The van der Waals surface area contributed by atoms with Crippen LogP contribution in [0.4, 0.5) is 23.2 Å². The van der Waals surface area contributed by atoms with Crippen LogP contribution in [0, 0.1) is 5.82 Å². The fourth-order valence-corrected chi connectivity index (χ4v) is 2.98. The van der Waals surface area contributed by atoms with Crippen molar-refractivity contribution >= 4 is 5.69 Å². The molecule has 0 N–H and O–H groups in total. The number of aromatic nitrogens is 3. The molecule has 0 spiro atoms. The Morgan fingerprint density at radius 2 is 1.83 bits per heavy atom. The summed E-state index contributed by atoms with van der Waals surface area (Å²) < 4.78 is 53.8. The minimum atomic E-state index is -4.55. The molecule has 1 aliphatic rings. The largest absolute Gasteiger partial charge is 0.416 e. The molecule has 4 nitrogen and oxygen atoms in total. The lowest BCUT2D eigenvalue weighted by molar-refractivity contribution is -0.137. The molecular formula is C15H16F4N4. The second-order valence-electron chi connectivity index (χ2n) is 5.76. The predicted molar refractivity (Wildman–Crippen MR) is 76.6 cm³/mol. The van der Waals surface area contributed by atoms with Crippen LogP contribution in [0.1, 0.15) is 30.1 Å². The Balaban J connectivity index is 1.75. The van der Waals surface area contributed by atoms with Gasteiger partial charge in [0, 0.05) is 31.7 Å². The lowest BCUT2D eigenvalue weighted by Crippen LogP contribution is -2.33. The van der Waals surface area contributed by atoms with E-state index in [0.29, 0.717) is 19.2 Å². The molecule has 0 amide bonds. The van der Waals surface area contributed by atoms with Crippen molar-refractivity contribution in [3.63, 3.8) is 0 Å². The van der Waals surface area contributed by atoms with Crippen molar-refractivity contribution in [3.8, 4) is 0 Å². The molecule has 0 unspecified atom stereocenters. The Labute approximate surface area is 130 Å². The van der Waals surface area contributed by atoms with Crippen LogP contribution in [0.2, 0.25) is 0 Å². The highest BCUT2D eigenvalue weighted by atomic mass is 19.4. The summed E-state index contributed by atoms with van der Waals surface area (Å²) in [7, 11) is 1.86. The molecule has 124 valence electrons. The summed E-state index contributed by atoms with van der Waals surface area (Å²) in [5, 5.41) is 7.93. The molecule has 2 heterocycles. The van der Waals surface area contributed by atoms with Gasteiger partial charge in [0.15, 0.2) is 0 Å². The zero-order valence-electron chi connectivity index (χ0n) is 12.5. The van der Waals surface area contributed by atoms with Crippen molar-refractivity contribution in [1.29, 1.82) is 0 Å². The van der Waals surface area contributed by atoms with E-state index in [-0.39, 0.29) is 11.6 Å². The van der Waals surface area contributed by atoms with Crippen LogP contribution in [0.25, 0.3) is 0 Å². The van der Waals surface area contributed by atoms with Gasteiger partial charge in [0.2, 0.25) is 0 Å². The van der Waals surface area contributed by atoms with E-state index < -0.39 is 17.6 Å². The van der Waals surface area contributed by atoms with E-state index in [2.05, 4.69) is 10.2 Å². The molecule has 1 fully saturated rings. The van der Waals surface area contributed by atoms with E-state index in [0.717, 1.165) is 30.8 Å². The van der Waals surface area contributed by atoms with Crippen molar-refractivity contribution in [1.82, 2.24) is 14.8 Å². The van der Waals surface area contributed by atoms with E-state index in [1.807, 2.05) is 11.6 Å². The molecule has 3 rings (SSSR count). The first-order valence-electron chi connectivity index (χ1n) is 7.31. The van der Waals surface area contributed by atoms with Gasteiger partial charge in [0.1, 0.15) is 18.0 Å². The highest BCUT2D eigenvalue weighted by Gasteiger charge is 2.32. The molecule has 0 radical (unpaired) electrons. The number of benzene rings is 1. The number of hydrogen-bond acceptors (Lipinski definition) is 3. The number of anilines is 1. The van der Waals surface area contributed by atoms with Gasteiger partial charge >= 0.3 is 6.18 Å². The number of halogens is 4. The van der Waals surface area contributed by atoms with Crippen molar-refractivity contribution in [2.45, 2.75) is 24.9 Å². The summed E-state index contributed by atoms with van der Waals surface area (Å²) in [6, 6.07) is 2.68. The smallest absolute Gasteiger partial charge is 0.371 e. The molecule has 0 aliphatic carbocycles. The van der Waals surface area contributed by atoms with E-state index in [9.17, 15) is 17.6 Å². The topological polar surface area (TPSA) is 34.0 Å². The maximum absolute atomic E-state index is 13.5. The summed E-state index contributed by atoms with van der Waals surface area (Å²) in [6.07, 6.45) is -1.44. The van der Waals surface area contributed by atoms with Crippen molar-refractivity contribution < 1.29 is 17.6 Å². The average Bonchev–Trinajstić information content (AvgIpc) is 2.92. The van der Waals surface area contributed by atoms with Crippen molar-refractivity contribution in [3.05, 3.63) is 41.7 Å². The zero-order chi connectivity index (χ0) is 16.6. The summed E-state index contributed by atoms with van der Waals surface area (Å²) in [5.74, 6) is 0.222. The first-order chi connectivity index (χ1) is 10.8. The molecule has 23 heavy (non-hydrogen) atoms. The molecule has 0 atom stereocenters. The highest BCUT2D eigenvalue weighted by Crippen LogP contribution is 2.34. The number of nitrogens with zero attached hydrogens (tertiary/aromatic N) is 4. The van der Waals surface area contributed by atoms with Crippen molar-refractivity contribution in [2.24, 2.45) is 7.05 Å². The Morgan fingerprint density at radius 1 is 1.13 bits per heavy atom. The molecule has 0 bridgehead atoms. The molecular weight excluding hydrogens is 312 g/mol. The van der Waals surface area contributed by atoms with Gasteiger partial charge < -0.3 is 9.47 Å². The zero-order valence-corrected chi connectivity index (χ0v) is 12.5. The van der Waals surface area contributed by atoms with Gasteiger partial charge in [-0.2, -0.15) is 13.2 Å². The number of rotatable bonds is 2. The van der Waals surface area contributed by atoms with E-state index in [1.165, 1.54) is 0 Å². The molecule has 8 heteroatoms. The van der Waals surface area contributed by atoms with Crippen LogP contribution in [-0.4, -0.2) is 27.9 Å². The van der Waals surface area contributed by atoms with Crippen LogP contribution in [0.5, 0.6) is 0 Å². The first-order valence-corrected chi connectivity index (χ1v) is 7.31. The number of alkyl halides is 3.